The van der Waals surface area contributed by atoms with Crippen LogP contribution in [0.5, 0.6) is 11.5 Å². The first-order chi connectivity index (χ1) is 25.7. The van der Waals surface area contributed by atoms with Gasteiger partial charge in [-0.3, -0.25) is 0 Å². The second-order valence-corrected chi connectivity index (χ2v) is 13.6. The minimum atomic E-state index is 0.0418. The summed E-state index contributed by atoms with van der Waals surface area (Å²) in [6.45, 7) is 2.13. The maximum Gasteiger partial charge on any atom is 0.259 e. The maximum absolute atomic E-state index is 6.60. The minimum absolute atomic E-state index is 0.0418. The number of hydrogen-bond acceptors (Lipinski definition) is 2. The van der Waals surface area contributed by atoms with E-state index in [1.54, 1.807) is 0 Å². The molecule has 2 aliphatic rings. The molecule has 244 valence electrons. The lowest BCUT2D eigenvalue weighted by Crippen LogP contribution is -2.50. The molecule has 0 radical (unpaired) electrons. The van der Waals surface area contributed by atoms with Crippen LogP contribution in [0, 0.1) is 0 Å². The normalized spacial score (nSPS) is 14.4. The van der Waals surface area contributed by atoms with E-state index in [2.05, 4.69) is 165 Å². The predicted octanol–water partition coefficient (Wildman–Crippen LogP) is 11.3. The Kier molecular flexibility index (Phi) is 7.18. The number of fused-ring (bicyclic) bond motifs is 11. The molecule has 0 N–H and O–H groups in total. The quantitative estimate of drug-likeness (QED) is 0.138. The van der Waals surface area contributed by atoms with Gasteiger partial charge < -0.3 is 9.47 Å². The predicted molar refractivity (Wildman–Crippen MR) is 219 cm³/mol. The topological polar surface area (TPSA) is 18.5 Å². The molecule has 0 amide bonds. The number of rotatable bonds is 4. The van der Waals surface area contributed by atoms with E-state index in [4.69, 9.17) is 9.47 Å². The van der Waals surface area contributed by atoms with Crippen LogP contribution in [0.4, 0.5) is 0 Å². The van der Waals surface area contributed by atoms with Gasteiger partial charge in [-0.1, -0.05) is 140 Å². The number of hydrogen-bond donors (Lipinski definition) is 0. The largest absolute Gasteiger partial charge is 0.466 e. The molecule has 0 atom stereocenters. The lowest BCUT2D eigenvalue weighted by atomic mass is 9.34. The molecule has 52 heavy (non-hydrogen) atoms. The van der Waals surface area contributed by atoms with E-state index in [-0.39, 0.29) is 6.71 Å². The van der Waals surface area contributed by atoms with Crippen molar-refractivity contribution in [3.8, 4) is 33.8 Å². The molecule has 0 fully saturated rings. The first-order valence-corrected chi connectivity index (χ1v) is 17.9. The van der Waals surface area contributed by atoms with Gasteiger partial charge >= 0.3 is 0 Å². The van der Waals surface area contributed by atoms with Crippen molar-refractivity contribution in [3.63, 3.8) is 0 Å². The van der Waals surface area contributed by atoms with E-state index in [9.17, 15) is 0 Å². The average Bonchev–Trinajstić information content (AvgIpc) is 3.22. The van der Waals surface area contributed by atoms with Gasteiger partial charge in [0.2, 0.25) is 0 Å². The van der Waals surface area contributed by atoms with Crippen LogP contribution >= 0.6 is 0 Å². The maximum atomic E-state index is 6.60. The molecule has 0 bridgehead atoms. The van der Waals surface area contributed by atoms with E-state index < -0.39 is 0 Å². The fourth-order valence-electron chi connectivity index (χ4n) is 8.14. The molecule has 0 saturated carbocycles. The first kappa shape index (κ1) is 30.3. The van der Waals surface area contributed by atoms with E-state index >= 15 is 0 Å². The Morgan fingerprint density at radius 2 is 1.02 bits per heavy atom. The van der Waals surface area contributed by atoms with Crippen molar-refractivity contribution in [2.45, 2.75) is 6.92 Å². The molecule has 0 spiro atoms. The Bertz CT molecular complexity index is 2790. The van der Waals surface area contributed by atoms with Gasteiger partial charge in [0, 0.05) is 5.47 Å². The second-order valence-electron chi connectivity index (χ2n) is 13.6. The standard InChI is InChI=1S/C49H33BO2/c1-2-32(30-49-46-31-51-47-23-9-7-21-44(47)50(46)45-22-8-10-24-48(45)52-49)33-13-11-14-34(27-33)35-15-12-16-36(28-35)37-25-26-42-40-19-4-3-17-38(40)39-18-5-6-20-41(39)43(42)29-37/h2-31H,1H3/b32-2+,49-30+. The van der Waals surface area contributed by atoms with Gasteiger partial charge in [-0.2, -0.15) is 0 Å². The van der Waals surface area contributed by atoms with E-state index in [0.29, 0.717) is 0 Å². The lowest BCUT2D eigenvalue weighted by Gasteiger charge is -2.32. The van der Waals surface area contributed by atoms with Crippen molar-refractivity contribution >= 4 is 55.5 Å². The third kappa shape index (κ3) is 4.97. The zero-order chi connectivity index (χ0) is 34.6. The summed E-state index contributed by atoms with van der Waals surface area (Å²) in [5.74, 6) is 2.57. The fourth-order valence-corrected chi connectivity index (χ4v) is 8.14. The third-order valence-corrected chi connectivity index (χ3v) is 10.7. The molecule has 2 aliphatic heterocycles. The summed E-state index contributed by atoms with van der Waals surface area (Å²) in [7, 11) is 0. The van der Waals surface area contributed by atoms with Crippen LogP contribution in [0.1, 0.15) is 12.5 Å². The second kappa shape index (κ2) is 12.3. The fraction of sp³-hybridized carbons (Fsp3) is 0.0204. The van der Waals surface area contributed by atoms with Crippen molar-refractivity contribution < 1.29 is 9.47 Å². The van der Waals surface area contributed by atoms with Crippen LogP contribution in [0.2, 0.25) is 0 Å². The molecular weight excluding hydrogens is 631 g/mol. The Morgan fingerprint density at radius 3 is 1.71 bits per heavy atom. The van der Waals surface area contributed by atoms with Crippen LogP contribution in [0.3, 0.4) is 0 Å². The monoisotopic (exact) mass is 664 g/mol. The van der Waals surface area contributed by atoms with Gasteiger partial charge in [-0.15, -0.1) is 0 Å². The van der Waals surface area contributed by atoms with E-state index in [1.807, 2.05) is 24.5 Å². The molecule has 8 aromatic rings. The van der Waals surface area contributed by atoms with Crippen LogP contribution in [0.25, 0.3) is 60.1 Å². The Morgan fingerprint density at radius 1 is 0.481 bits per heavy atom. The van der Waals surface area contributed by atoms with Gasteiger partial charge in [0.25, 0.3) is 6.71 Å². The Balaban J connectivity index is 1.02. The van der Waals surface area contributed by atoms with Crippen molar-refractivity contribution in [2.75, 3.05) is 0 Å². The first-order valence-electron chi connectivity index (χ1n) is 17.9. The summed E-state index contributed by atoms with van der Waals surface area (Å²) in [6.07, 6.45) is 6.18. The van der Waals surface area contributed by atoms with Crippen LogP contribution < -0.4 is 20.4 Å². The highest BCUT2D eigenvalue weighted by Crippen LogP contribution is 2.38. The molecule has 8 aromatic carbocycles. The molecule has 0 aromatic heterocycles. The summed E-state index contributed by atoms with van der Waals surface area (Å²) < 4.78 is 12.7. The zero-order valence-electron chi connectivity index (χ0n) is 28.7. The lowest BCUT2D eigenvalue weighted by molar-refractivity contribution is 0.425. The van der Waals surface area contributed by atoms with Gasteiger partial charge in [-0.05, 0) is 120 Å². The van der Waals surface area contributed by atoms with Crippen LogP contribution in [-0.4, -0.2) is 6.71 Å². The highest BCUT2D eigenvalue weighted by molar-refractivity contribution is 6.93. The van der Waals surface area contributed by atoms with Gasteiger partial charge in [0.15, 0.2) is 0 Å². The number of benzene rings is 8. The molecule has 10 rings (SSSR count). The van der Waals surface area contributed by atoms with E-state index in [1.165, 1.54) is 49.0 Å². The van der Waals surface area contributed by atoms with Gasteiger partial charge in [0.1, 0.15) is 17.3 Å². The van der Waals surface area contributed by atoms with Crippen molar-refractivity contribution in [1.29, 1.82) is 0 Å². The highest BCUT2D eigenvalue weighted by atomic mass is 16.5. The highest BCUT2D eigenvalue weighted by Gasteiger charge is 2.38. The SMILES string of the molecule is C/C=C(\C=C1\Oc2ccccc2B2C1=COc1ccccc12)c1cccc(-c2cccc(-c3ccc4c5ccccc5c5ccccc5c4c3)c2)c1. The van der Waals surface area contributed by atoms with E-state index in [0.717, 1.165) is 50.4 Å². The smallest absolute Gasteiger partial charge is 0.259 e. The minimum Gasteiger partial charge on any atom is -0.466 e. The molecule has 0 aliphatic carbocycles. The average molecular weight is 665 g/mol. The molecule has 0 saturated heterocycles. The number of allylic oxidation sites excluding steroid dienone is 4. The molecule has 3 heteroatoms. The number of ether oxygens (including phenoxy) is 2. The molecule has 2 nitrogen and oxygen atoms in total. The molecular formula is C49H33BO2. The van der Waals surface area contributed by atoms with Gasteiger partial charge in [-0.25, -0.2) is 0 Å². The summed E-state index contributed by atoms with van der Waals surface area (Å²) in [6, 6.07) is 58.7. The van der Waals surface area contributed by atoms with Gasteiger partial charge in [0.05, 0.1) is 6.26 Å². The zero-order valence-corrected chi connectivity index (χ0v) is 28.7. The Labute approximate surface area is 303 Å². The Hall–Kier alpha value is -6.58. The van der Waals surface area contributed by atoms with Crippen molar-refractivity contribution in [1.82, 2.24) is 0 Å². The van der Waals surface area contributed by atoms with Crippen LogP contribution in [0.15, 0.2) is 193 Å². The summed E-state index contributed by atoms with van der Waals surface area (Å²) in [5, 5.41) is 7.72. The third-order valence-electron chi connectivity index (χ3n) is 10.7. The molecule has 2 heterocycles. The summed E-state index contributed by atoms with van der Waals surface area (Å²) in [4.78, 5) is 0. The van der Waals surface area contributed by atoms with Crippen LogP contribution in [-0.2, 0) is 0 Å². The summed E-state index contributed by atoms with van der Waals surface area (Å²) in [5.41, 5.74) is 10.3. The molecule has 0 unspecified atom stereocenters. The summed E-state index contributed by atoms with van der Waals surface area (Å²) >= 11 is 0. The number of para-hydroxylation sites is 2. The van der Waals surface area contributed by atoms with Crippen molar-refractivity contribution in [3.05, 3.63) is 199 Å². The van der Waals surface area contributed by atoms with Crippen molar-refractivity contribution in [2.24, 2.45) is 0 Å².